The van der Waals surface area contributed by atoms with Gasteiger partial charge in [-0.15, -0.1) is 34.4 Å². The van der Waals surface area contributed by atoms with E-state index in [4.69, 9.17) is 36.5 Å². The molecule has 3 heterocycles. The molecule has 2 aromatic heterocycles. The van der Waals surface area contributed by atoms with Crippen LogP contribution in [0.5, 0.6) is 5.75 Å². The highest BCUT2D eigenvalue weighted by Gasteiger charge is 2.38. The van der Waals surface area contributed by atoms with Gasteiger partial charge in [0.2, 0.25) is 0 Å². The maximum absolute atomic E-state index is 12.3. The van der Waals surface area contributed by atoms with Crippen LogP contribution in [0.3, 0.4) is 0 Å². The second kappa shape index (κ2) is 12.6. The molecule has 1 aromatic carbocycles. The zero-order chi connectivity index (χ0) is 28.0. The van der Waals surface area contributed by atoms with Crippen molar-refractivity contribution in [1.82, 2.24) is 9.88 Å². The summed E-state index contributed by atoms with van der Waals surface area (Å²) in [5, 5.41) is 17.7. The Balaban J connectivity index is 0.000000505. The minimum atomic E-state index is -5.08. The molecule has 38 heavy (non-hydrogen) atoms. The zero-order valence-corrected chi connectivity index (χ0v) is 22.4. The van der Waals surface area contributed by atoms with Crippen molar-refractivity contribution in [3.8, 4) is 27.6 Å². The highest BCUT2D eigenvalue weighted by Crippen LogP contribution is 2.40. The number of hydrogen-bond acceptors (Lipinski definition) is 9. The molecule has 204 valence electrons. The van der Waals surface area contributed by atoms with E-state index in [1.807, 2.05) is 42.0 Å². The Morgan fingerprint density at radius 3 is 2.63 bits per heavy atom. The molecule has 0 spiro atoms. The highest BCUT2D eigenvalue weighted by molar-refractivity contribution is 8.00. The van der Waals surface area contributed by atoms with Gasteiger partial charge in [-0.05, 0) is 37.3 Å². The first kappa shape index (κ1) is 29.4. The molecule has 0 saturated carbocycles. The second-order valence-corrected chi connectivity index (χ2v) is 10.9. The molecule has 1 aliphatic rings. The minimum Gasteiger partial charge on any atom is -0.484 e. The number of rotatable bonds is 7. The molecule has 4 rings (SSSR count). The molecule has 15 heteroatoms. The molecule has 0 aliphatic carbocycles. The van der Waals surface area contributed by atoms with Gasteiger partial charge >= 0.3 is 12.1 Å². The number of hydrogen-bond donors (Lipinski definition) is 4. The molecule has 1 aliphatic heterocycles. The summed E-state index contributed by atoms with van der Waals surface area (Å²) < 4.78 is 38.6. The number of aliphatic carboxylic acids is 1. The van der Waals surface area contributed by atoms with Crippen LogP contribution in [0.2, 0.25) is 0 Å². The van der Waals surface area contributed by atoms with Gasteiger partial charge in [-0.2, -0.15) is 13.2 Å². The molecule has 6 N–H and O–H groups in total. The first-order valence-corrected chi connectivity index (χ1v) is 13.9. The lowest BCUT2D eigenvalue weighted by molar-refractivity contribution is -0.192. The summed E-state index contributed by atoms with van der Waals surface area (Å²) in [4.78, 5) is 28.5. The average molecular weight is 588 g/mol. The predicted octanol–water partition coefficient (Wildman–Crippen LogP) is 4.46. The molecule has 9 nitrogen and oxygen atoms in total. The van der Waals surface area contributed by atoms with Gasteiger partial charge in [0.25, 0.3) is 5.91 Å². The lowest BCUT2D eigenvalue weighted by atomic mass is 10.1. The number of likely N-dealkylation sites (tertiary alicyclic amines) is 1. The minimum absolute atomic E-state index is 0.0285. The summed E-state index contributed by atoms with van der Waals surface area (Å²) in [7, 11) is 0. The molecular weight excluding hydrogens is 563 g/mol. The lowest BCUT2D eigenvalue weighted by Crippen LogP contribution is -2.43. The van der Waals surface area contributed by atoms with Gasteiger partial charge in [0.15, 0.2) is 6.61 Å². The monoisotopic (exact) mass is 587 g/mol. The number of carboxylic acid groups (broad SMARTS) is 1. The number of thiazole rings is 1. The number of halogens is 3. The standard InChI is InChI=1S/C21H23N5O2S3.C2HF3O2/c1-29-21-14(9-16(31-21)19(23)24)20-25-15(11-30-20)12-4-2-5-13(8-12)28-10-18(27)26-7-3-6-17(26)22;3-2(4,5)1(6)7/h2,4-5,8-9,11,17H,3,6-7,10,22H2,1H3,(H3,23,24);(H,6,7). The topological polar surface area (TPSA) is 156 Å². The van der Waals surface area contributed by atoms with Crippen LogP contribution in [-0.2, 0) is 9.59 Å². The predicted molar refractivity (Wildman–Crippen MR) is 142 cm³/mol. The fraction of sp³-hybridized carbons (Fsp3) is 0.304. The number of thioether (sulfide) groups is 1. The van der Waals surface area contributed by atoms with Crippen LogP contribution in [0.4, 0.5) is 13.2 Å². The van der Waals surface area contributed by atoms with E-state index in [9.17, 15) is 18.0 Å². The van der Waals surface area contributed by atoms with Crippen molar-refractivity contribution in [1.29, 1.82) is 5.41 Å². The number of carboxylic acids is 1. The smallest absolute Gasteiger partial charge is 0.484 e. The fourth-order valence-electron chi connectivity index (χ4n) is 3.41. The number of alkyl halides is 3. The number of benzene rings is 1. The zero-order valence-electron chi connectivity index (χ0n) is 19.9. The second-order valence-electron chi connectivity index (χ2n) is 7.88. The van der Waals surface area contributed by atoms with Gasteiger partial charge < -0.3 is 26.2 Å². The molecule has 1 saturated heterocycles. The van der Waals surface area contributed by atoms with Crippen LogP contribution in [-0.4, -0.2) is 64.5 Å². The van der Waals surface area contributed by atoms with E-state index in [-0.39, 0.29) is 24.5 Å². The SMILES string of the molecule is CSc1sc(C(=N)N)cc1-c1nc(-c2cccc(OCC(=O)N3CCCC3N)c2)cs1.O=C(O)C(F)(F)F. The number of nitrogens with zero attached hydrogens (tertiary/aromatic N) is 2. The highest BCUT2D eigenvalue weighted by atomic mass is 32.2. The molecule has 1 unspecified atom stereocenters. The number of nitrogens with two attached hydrogens (primary N) is 2. The summed E-state index contributed by atoms with van der Waals surface area (Å²) in [6, 6.07) is 9.50. The number of amides is 1. The first-order valence-electron chi connectivity index (χ1n) is 11.0. The van der Waals surface area contributed by atoms with Crippen molar-refractivity contribution in [3.05, 3.63) is 40.6 Å². The van der Waals surface area contributed by atoms with Crippen molar-refractivity contribution in [3.63, 3.8) is 0 Å². The quantitative estimate of drug-likeness (QED) is 0.179. The summed E-state index contributed by atoms with van der Waals surface area (Å²) in [6.07, 6.45) is -1.51. The van der Waals surface area contributed by atoms with Gasteiger partial charge in [-0.3, -0.25) is 10.2 Å². The Morgan fingerprint density at radius 2 is 2.05 bits per heavy atom. The van der Waals surface area contributed by atoms with Gasteiger partial charge in [0.05, 0.1) is 20.9 Å². The Kier molecular flexibility index (Phi) is 9.76. The molecule has 1 amide bonds. The van der Waals surface area contributed by atoms with Crippen LogP contribution in [0, 0.1) is 5.41 Å². The maximum atomic E-state index is 12.3. The number of carbonyl (C=O) groups is 2. The van der Waals surface area contributed by atoms with E-state index in [0.29, 0.717) is 12.3 Å². The summed E-state index contributed by atoms with van der Waals surface area (Å²) >= 11 is 4.68. The Hall–Kier alpha value is -3.14. The number of amidine groups is 1. The Morgan fingerprint density at radius 1 is 1.34 bits per heavy atom. The number of thiophene rings is 1. The third-order valence-electron chi connectivity index (χ3n) is 5.24. The van der Waals surface area contributed by atoms with Crippen LogP contribution in [0.25, 0.3) is 21.8 Å². The number of nitrogens with one attached hydrogen (secondary N) is 1. The van der Waals surface area contributed by atoms with Crippen molar-refractivity contribution in [2.75, 3.05) is 19.4 Å². The van der Waals surface area contributed by atoms with Gasteiger partial charge in [-0.1, -0.05) is 12.1 Å². The van der Waals surface area contributed by atoms with Crippen molar-refractivity contribution >= 4 is 52.1 Å². The molecular formula is C23H24F3N5O4S3. The van der Waals surface area contributed by atoms with E-state index in [0.717, 1.165) is 43.8 Å². The Bertz CT molecular complexity index is 1310. The van der Waals surface area contributed by atoms with Crippen molar-refractivity contribution in [2.24, 2.45) is 11.5 Å². The third-order valence-corrected chi connectivity index (χ3v) is 8.42. The normalized spacial score (nSPS) is 15.1. The van der Waals surface area contributed by atoms with Crippen molar-refractivity contribution in [2.45, 2.75) is 29.4 Å². The summed E-state index contributed by atoms with van der Waals surface area (Å²) in [6.45, 7) is 0.663. The van der Waals surface area contributed by atoms with Crippen molar-refractivity contribution < 1.29 is 32.6 Å². The largest absolute Gasteiger partial charge is 0.490 e. The molecule has 1 fully saturated rings. The molecule has 1 atom stereocenters. The lowest BCUT2D eigenvalue weighted by Gasteiger charge is -2.21. The number of aromatic nitrogens is 1. The maximum Gasteiger partial charge on any atom is 0.490 e. The Labute approximate surface area is 228 Å². The van der Waals surface area contributed by atoms with Gasteiger partial charge in [0, 0.05) is 23.1 Å². The van der Waals surface area contributed by atoms with E-state index in [1.165, 1.54) is 11.3 Å². The number of ether oxygens (including phenoxy) is 1. The van der Waals surface area contributed by atoms with Crippen LogP contribution >= 0.6 is 34.4 Å². The van der Waals surface area contributed by atoms with E-state index >= 15 is 0 Å². The van der Waals surface area contributed by atoms with E-state index < -0.39 is 12.1 Å². The van der Waals surface area contributed by atoms with Crippen LogP contribution in [0.1, 0.15) is 17.7 Å². The fourth-order valence-corrected chi connectivity index (χ4v) is 6.12. The van der Waals surface area contributed by atoms with E-state index in [2.05, 4.69) is 0 Å². The molecule has 3 aromatic rings. The van der Waals surface area contributed by atoms with E-state index in [1.54, 1.807) is 28.0 Å². The third kappa shape index (κ3) is 7.46. The summed E-state index contributed by atoms with van der Waals surface area (Å²) in [5.74, 6) is -2.16. The van der Waals surface area contributed by atoms with Crippen LogP contribution in [0.15, 0.2) is 39.9 Å². The summed E-state index contributed by atoms with van der Waals surface area (Å²) in [5.41, 5.74) is 14.4. The number of carbonyl (C=O) groups excluding carboxylic acids is 1. The average Bonchev–Trinajstić information content (AvgIpc) is 3.61. The van der Waals surface area contributed by atoms with Gasteiger partial charge in [-0.25, -0.2) is 9.78 Å². The number of nitrogen functional groups attached to an aromatic ring is 1. The van der Waals surface area contributed by atoms with Crippen LogP contribution < -0.4 is 16.2 Å². The molecule has 0 bridgehead atoms. The first-order chi connectivity index (χ1) is 17.9. The molecule has 0 radical (unpaired) electrons. The van der Waals surface area contributed by atoms with Gasteiger partial charge in [0.1, 0.15) is 16.6 Å².